The lowest BCUT2D eigenvalue weighted by Crippen LogP contribution is -2.18. The molecule has 2 nitrogen and oxygen atoms in total. The lowest BCUT2D eigenvalue weighted by Gasteiger charge is -2.23. The molecule has 0 N–H and O–H groups in total. The highest BCUT2D eigenvalue weighted by Gasteiger charge is 2.32. The number of fused-ring (bicyclic) bond motifs is 2. The highest BCUT2D eigenvalue weighted by molar-refractivity contribution is 8.24. The Balaban J connectivity index is 1.27. The predicted molar refractivity (Wildman–Crippen MR) is 260 cm³/mol. The van der Waals surface area contributed by atoms with Crippen LogP contribution < -0.4 is 0 Å². The number of benzene rings is 7. The first-order valence-corrected chi connectivity index (χ1v) is 22.0. The van der Waals surface area contributed by atoms with Crippen molar-refractivity contribution < 1.29 is 0 Å². The van der Waals surface area contributed by atoms with Crippen LogP contribution in [0.15, 0.2) is 158 Å². The zero-order chi connectivity index (χ0) is 40.9. The number of thioether (sulfide) groups is 2. The summed E-state index contributed by atoms with van der Waals surface area (Å²) in [4.78, 5) is 7.92. The molecule has 0 spiro atoms. The third kappa shape index (κ3) is 9.28. The molecule has 58 heavy (non-hydrogen) atoms. The van der Waals surface area contributed by atoms with Crippen molar-refractivity contribution in [2.45, 2.75) is 62.1 Å². The van der Waals surface area contributed by atoms with Crippen LogP contribution in [0.4, 0.5) is 0 Å². The van der Waals surface area contributed by atoms with Crippen molar-refractivity contribution in [2.75, 3.05) is 0 Å². The number of hydrogen-bond acceptors (Lipinski definition) is 4. The normalized spacial score (nSPS) is 12.7. The van der Waals surface area contributed by atoms with E-state index in [4.69, 9.17) is 37.6 Å². The summed E-state index contributed by atoms with van der Waals surface area (Å²) >= 11 is 15.2. The monoisotopic (exact) mass is 824 g/mol. The summed E-state index contributed by atoms with van der Waals surface area (Å²) < 4.78 is 1.68. The van der Waals surface area contributed by atoms with Crippen LogP contribution in [0, 0.1) is 13.1 Å². The summed E-state index contributed by atoms with van der Waals surface area (Å²) in [6.45, 7) is 23.8. The number of rotatable bonds is 12. The van der Waals surface area contributed by atoms with Gasteiger partial charge in [0.25, 0.3) is 0 Å². The van der Waals surface area contributed by atoms with Gasteiger partial charge in [0.1, 0.15) is 0 Å². The molecule has 0 aromatic heterocycles. The second-order valence-corrected chi connectivity index (χ2v) is 19.6. The molecule has 0 aliphatic carbocycles. The molecule has 6 heteroatoms. The highest BCUT2D eigenvalue weighted by Crippen LogP contribution is 2.46. The Morgan fingerprint density at radius 1 is 0.466 bits per heavy atom. The maximum atomic E-state index is 7.88. The van der Waals surface area contributed by atoms with Gasteiger partial charge in [-0.3, -0.25) is 0 Å². The molecule has 0 aliphatic heterocycles. The standard InChI is InChI=1S/C52H44N2S4/c1-51(2,53-5)33-45(57-49(55)39-17-9-7-10-18-39)35-25-29-37(30-26-35)47-41-21-13-15-23-43(41)48(44-24-16-14-22-42(44)47)38-31-27-36(28-32-38)46(34-52(3,4)54-6)58-50(56)40-19-11-8-12-20-40/h7-32,45-46H,33-34H2,1-4H3. The second-order valence-electron chi connectivity index (χ2n) is 15.9. The largest absolute Gasteiger partial charge is 0.311 e. The molecule has 0 aliphatic rings. The molecule has 0 heterocycles. The SMILES string of the molecule is [C-]#[N+]C(C)(C)CC(SC(=S)c1ccccc1)c1ccc(-c2c3ccccc3c(-c3ccc(C(CC(C)(C)[N+]#[C-])SC(=S)c4ccccc4)cc3)c3ccccc23)cc1. The fraction of sp³-hybridized carbons (Fsp3) is 0.192. The number of hydrogen-bond donors (Lipinski definition) is 0. The van der Waals surface area contributed by atoms with Crippen LogP contribution in [0.3, 0.4) is 0 Å². The Morgan fingerprint density at radius 2 is 0.759 bits per heavy atom. The van der Waals surface area contributed by atoms with Gasteiger partial charge in [0, 0.05) is 51.0 Å². The van der Waals surface area contributed by atoms with E-state index in [1.807, 2.05) is 64.1 Å². The van der Waals surface area contributed by atoms with Crippen molar-refractivity contribution in [3.05, 3.63) is 203 Å². The molecule has 7 aromatic carbocycles. The third-order valence-electron chi connectivity index (χ3n) is 10.6. The lowest BCUT2D eigenvalue weighted by molar-refractivity contribution is 0.551. The minimum absolute atomic E-state index is 0.0315. The molecule has 0 amide bonds. The summed E-state index contributed by atoms with van der Waals surface area (Å²) in [5.41, 5.74) is 8.05. The molecule has 0 bridgehead atoms. The van der Waals surface area contributed by atoms with Gasteiger partial charge in [0.15, 0.2) is 0 Å². The first-order chi connectivity index (χ1) is 28.0. The van der Waals surface area contributed by atoms with Crippen LogP contribution in [0.25, 0.3) is 53.5 Å². The Labute approximate surface area is 362 Å². The fourth-order valence-corrected chi connectivity index (χ4v) is 11.1. The van der Waals surface area contributed by atoms with Gasteiger partial charge in [-0.25, -0.2) is 13.1 Å². The van der Waals surface area contributed by atoms with Crippen molar-refractivity contribution in [3.63, 3.8) is 0 Å². The van der Waals surface area contributed by atoms with Crippen molar-refractivity contribution in [3.8, 4) is 22.3 Å². The van der Waals surface area contributed by atoms with Crippen molar-refractivity contribution in [1.82, 2.24) is 0 Å². The molecule has 2 unspecified atom stereocenters. The summed E-state index contributed by atoms with van der Waals surface area (Å²) in [5, 5.41) is 4.84. The minimum Gasteiger partial charge on any atom is -0.311 e. The maximum absolute atomic E-state index is 7.88. The van der Waals surface area contributed by atoms with Crippen LogP contribution in [0.2, 0.25) is 0 Å². The van der Waals surface area contributed by atoms with E-state index in [2.05, 4.69) is 131 Å². The van der Waals surface area contributed by atoms with Crippen LogP contribution in [0.5, 0.6) is 0 Å². The van der Waals surface area contributed by atoms with E-state index >= 15 is 0 Å². The zero-order valence-corrected chi connectivity index (χ0v) is 36.4. The van der Waals surface area contributed by atoms with E-state index in [1.54, 1.807) is 23.5 Å². The molecule has 0 fully saturated rings. The average Bonchev–Trinajstić information content (AvgIpc) is 3.25. The van der Waals surface area contributed by atoms with Crippen LogP contribution in [-0.2, 0) is 0 Å². The molecule has 286 valence electrons. The molecule has 2 atom stereocenters. The Kier molecular flexibility index (Phi) is 12.6. The van der Waals surface area contributed by atoms with Gasteiger partial charge in [-0.2, -0.15) is 0 Å². The predicted octanol–water partition coefficient (Wildman–Crippen LogP) is 15.8. The third-order valence-corrected chi connectivity index (χ3v) is 14.0. The quantitative estimate of drug-likeness (QED) is 0.0689. The smallest absolute Gasteiger partial charge is 0.228 e. The van der Waals surface area contributed by atoms with Crippen molar-refractivity contribution >= 4 is 77.9 Å². The van der Waals surface area contributed by atoms with Crippen LogP contribution >= 0.6 is 48.0 Å². The Morgan fingerprint density at radius 3 is 1.05 bits per heavy atom. The first-order valence-electron chi connectivity index (χ1n) is 19.4. The molecular weight excluding hydrogens is 781 g/mol. The van der Waals surface area contributed by atoms with E-state index in [-0.39, 0.29) is 10.5 Å². The van der Waals surface area contributed by atoms with Crippen molar-refractivity contribution in [1.29, 1.82) is 0 Å². The van der Waals surface area contributed by atoms with Crippen LogP contribution in [-0.4, -0.2) is 19.5 Å². The molecule has 0 radical (unpaired) electrons. The van der Waals surface area contributed by atoms with E-state index in [9.17, 15) is 0 Å². The van der Waals surface area contributed by atoms with E-state index < -0.39 is 11.1 Å². The summed E-state index contributed by atoms with van der Waals surface area (Å²) in [6, 6.07) is 55.6. The van der Waals surface area contributed by atoms with Gasteiger partial charge in [-0.1, -0.05) is 182 Å². The first kappa shape index (κ1) is 41.1. The zero-order valence-electron chi connectivity index (χ0n) is 33.1. The van der Waals surface area contributed by atoms with E-state index in [1.165, 1.54) is 32.7 Å². The van der Waals surface area contributed by atoms with E-state index in [0.717, 1.165) is 41.8 Å². The minimum atomic E-state index is -0.522. The summed E-state index contributed by atoms with van der Waals surface area (Å²) in [6.07, 6.45) is 1.37. The molecular formula is C52H44N2S4. The lowest BCUT2D eigenvalue weighted by atomic mass is 9.85. The Bertz CT molecular complexity index is 2430. The number of nitrogens with zero attached hydrogens (tertiary/aromatic N) is 2. The van der Waals surface area contributed by atoms with Crippen LogP contribution in [0.1, 0.15) is 73.3 Å². The molecule has 7 rings (SSSR count). The molecule has 7 aromatic rings. The summed E-state index contributed by atoms with van der Waals surface area (Å²) in [5.74, 6) is 0. The number of thiocarbonyl (C=S) groups is 2. The fourth-order valence-electron chi connectivity index (χ4n) is 7.48. The Hall–Kier alpha value is -5.08. The average molecular weight is 825 g/mol. The van der Waals surface area contributed by atoms with Gasteiger partial charge in [0.2, 0.25) is 11.1 Å². The van der Waals surface area contributed by atoms with Gasteiger partial charge in [-0.15, -0.1) is 23.5 Å². The second kappa shape index (κ2) is 17.8. The van der Waals surface area contributed by atoms with Gasteiger partial charge in [-0.05, 0) is 66.1 Å². The van der Waals surface area contributed by atoms with Crippen molar-refractivity contribution in [2.24, 2.45) is 0 Å². The van der Waals surface area contributed by atoms with Gasteiger partial charge >= 0.3 is 0 Å². The maximum Gasteiger partial charge on any atom is 0.228 e. The van der Waals surface area contributed by atoms with Gasteiger partial charge < -0.3 is 9.69 Å². The summed E-state index contributed by atoms with van der Waals surface area (Å²) in [7, 11) is 0. The topological polar surface area (TPSA) is 8.72 Å². The van der Waals surface area contributed by atoms with Gasteiger partial charge in [0.05, 0.1) is 8.39 Å². The highest BCUT2D eigenvalue weighted by atomic mass is 32.2. The molecule has 0 saturated heterocycles. The van der Waals surface area contributed by atoms with E-state index in [0.29, 0.717) is 12.8 Å². The molecule has 0 saturated carbocycles.